The minimum absolute atomic E-state index is 0.226. The van der Waals surface area contributed by atoms with E-state index in [2.05, 4.69) is 60.7 Å². The van der Waals surface area contributed by atoms with Gasteiger partial charge >= 0.3 is 0 Å². The van der Waals surface area contributed by atoms with Crippen LogP contribution in [0.1, 0.15) is 42.6 Å². The van der Waals surface area contributed by atoms with Crippen LogP contribution >= 0.6 is 11.3 Å². The van der Waals surface area contributed by atoms with Crippen molar-refractivity contribution < 1.29 is 0 Å². The van der Waals surface area contributed by atoms with Gasteiger partial charge in [0.25, 0.3) is 0 Å². The standard InChI is InChI=1S/C16H22N2S/c1-12-18-15(11-19-12)10-17-9-13-5-7-14(8-6-13)16(2,3)4/h5-8,11,17H,9-10H2,1-4H3. The first-order chi connectivity index (χ1) is 8.95. The molecule has 0 aliphatic heterocycles. The van der Waals surface area contributed by atoms with Crippen molar-refractivity contribution in [2.45, 2.75) is 46.2 Å². The second-order valence-electron chi connectivity index (χ2n) is 5.91. The van der Waals surface area contributed by atoms with Crippen molar-refractivity contribution in [3.8, 4) is 0 Å². The number of nitrogens with zero attached hydrogens (tertiary/aromatic N) is 1. The molecular formula is C16H22N2S. The Morgan fingerprint density at radius 1 is 1.11 bits per heavy atom. The van der Waals surface area contributed by atoms with Crippen molar-refractivity contribution in [1.82, 2.24) is 10.3 Å². The zero-order chi connectivity index (χ0) is 13.9. The molecule has 0 saturated carbocycles. The molecule has 0 saturated heterocycles. The van der Waals surface area contributed by atoms with Crippen LogP contribution in [-0.4, -0.2) is 4.98 Å². The molecule has 0 bridgehead atoms. The molecule has 0 aliphatic rings. The summed E-state index contributed by atoms with van der Waals surface area (Å²) < 4.78 is 0. The van der Waals surface area contributed by atoms with E-state index in [1.54, 1.807) is 11.3 Å². The molecule has 0 aliphatic carbocycles. The molecule has 102 valence electrons. The molecule has 1 heterocycles. The average Bonchev–Trinajstić information content (AvgIpc) is 2.75. The monoisotopic (exact) mass is 274 g/mol. The first kappa shape index (κ1) is 14.2. The Balaban J connectivity index is 1.86. The van der Waals surface area contributed by atoms with Crippen molar-refractivity contribution in [3.63, 3.8) is 0 Å². The lowest BCUT2D eigenvalue weighted by molar-refractivity contribution is 0.589. The van der Waals surface area contributed by atoms with Gasteiger partial charge in [0.05, 0.1) is 10.7 Å². The minimum atomic E-state index is 0.226. The molecule has 0 spiro atoms. The fourth-order valence-corrected chi connectivity index (χ4v) is 2.56. The van der Waals surface area contributed by atoms with Gasteiger partial charge in [-0.3, -0.25) is 0 Å². The van der Waals surface area contributed by atoms with E-state index in [9.17, 15) is 0 Å². The molecule has 0 radical (unpaired) electrons. The van der Waals surface area contributed by atoms with E-state index in [1.165, 1.54) is 11.1 Å². The summed E-state index contributed by atoms with van der Waals surface area (Å²) in [6.45, 7) is 10.5. The topological polar surface area (TPSA) is 24.9 Å². The Morgan fingerprint density at radius 3 is 2.32 bits per heavy atom. The molecule has 1 N–H and O–H groups in total. The van der Waals surface area contributed by atoms with Crippen LogP contribution in [0.3, 0.4) is 0 Å². The number of hydrogen-bond donors (Lipinski definition) is 1. The lowest BCUT2D eigenvalue weighted by Gasteiger charge is -2.19. The lowest BCUT2D eigenvalue weighted by Crippen LogP contribution is -2.14. The number of aromatic nitrogens is 1. The maximum Gasteiger partial charge on any atom is 0.0897 e. The Morgan fingerprint density at radius 2 is 1.79 bits per heavy atom. The van der Waals surface area contributed by atoms with Gasteiger partial charge < -0.3 is 5.32 Å². The first-order valence-electron chi connectivity index (χ1n) is 6.66. The van der Waals surface area contributed by atoms with Gasteiger partial charge in [0.2, 0.25) is 0 Å². The number of aryl methyl sites for hydroxylation is 1. The third kappa shape index (κ3) is 4.15. The second-order valence-corrected chi connectivity index (χ2v) is 6.97. The smallest absolute Gasteiger partial charge is 0.0897 e. The van der Waals surface area contributed by atoms with Gasteiger partial charge in [0, 0.05) is 18.5 Å². The number of hydrogen-bond acceptors (Lipinski definition) is 3. The third-order valence-electron chi connectivity index (χ3n) is 3.12. The van der Waals surface area contributed by atoms with Crippen LogP contribution in [0, 0.1) is 6.92 Å². The van der Waals surface area contributed by atoms with Crippen LogP contribution in [-0.2, 0) is 18.5 Å². The SMILES string of the molecule is Cc1nc(CNCc2ccc(C(C)(C)C)cc2)cs1. The third-order valence-corrected chi connectivity index (χ3v) is 3.94. The molecule has 19 heavy (non-hydrogen) atoms. The van der Waals surface area contributed by atoms with Crippen LogP contribution in [0.4, 0.5) is 0 Å². The first-order valence-corrected chi connectivity index (χ1v) is 7.54. The van der Waals surface area contributed by atoms with Crippen LogP contribution in [0.2, 0.25) is 0 Å². The Kier molecular flexibility index (Phi) is 4.38. The van der Waals surface area contributed by atoms with Crippen molar-refractivity contribution in [2.75, 3.05) is 0 Å². The molecule has 1 aromatic heterocycles. The van der Waals surface area contributed by atoms with E-state index in [4.69, 9.17) is 0 Å². The Hall–Kier alpha value is -1.19. The Bertz CT molecular complexity index is 520. The largest absolute Gasteiger partial charge is 0.307 e. The zero-order valence-electron chi connectivity index (χ0n) is 12.2. The molecular weight excluding hydrogens is 252 g/mol. The maximum absolute atomic E-state index is 4.44. The summed E-state index contributed by atoms with van der Waals surface area (Å²) in [5.74, 6) is 0. The zero-order valence-corrected chi connectivity index (χ0v) is 13.0. The molecule has 0 unspecified atom stereocenters. The van der Waals surface area contributed by atoms with Gasteiger partial charge in [-0.1, -0.05) is 45.0 Å². The fourth-order valence-electron chi connectivity index (χ4n) is 1.95. The molecule has 1 aromatic carbocycles. The maximum atomic E-state index is 4.44. The van der Waals surface area contributed by atoms with E-state index in [0.29, 0.717) is 0 Å². The molecule has 2 rings (SSSR count). The molecule has 0 amide bonds. The normalized spacial score (nSPS) is 11.8. The van der Waals surface area contributed by atoms with Gasteiger partial charge in [-0.15, -0.1) is 11.3 Å². The molecule has 0 atom stereocenters. The van der Waals surface area contributed by atoms with Crippen molar-refractivity contribution in [3.05, 3.63) is 51.5 Å². The van der Waals surface area contributed by atoms with Gasteiger partial charge in [-0.25, -0.2) is 4.98 Å². The van der Waals surface area contributed by atoms with E-state index in [-0.39, 0.29) is 5.41 Å². The van der Waals surface area contributed by atoms with Crippen LogP contribution in [0.25, 0.3) is 0 Å². The van der Waals surface area contributed by atoms with Crippen molar-refractivity contribution >= 4 is 11.3 Å². The van der Waals surface area contributed by atoms with E-state index < -0.39 is 0 Å². The van der Waals surface area contributed by atoms with Crippen LogP contribution in [0.15, 0.2) is 29.6 Å². The summed E-state index contributed by atoms with van der Waals surface area (Å²) in [5, 5.41) is 6.68. The average molecular weight is 274 g/mol. The number of benzene rings is 1. The molecule has 3 heteroatoms. The Labute approximate surface area is 119 Å². The summed E-state index contributed by atoms with van der Waals surface area (Å²) in [7, 11) is 0. The number of thiazole rings is 1. The highest BCUT2D eigenvalue weighted by molar-refractivity contribution is 7.09. The van der Waals surface area contributed by atoms with Gasteiger partial charge in [-0.2, -0.15) is 0 Å². The van der Waals surface area contributed by atoms with Gasteiger partial charge in [0.15, 0.2) is 0 Å². The van der Waals surface area contributed by atoms with Crippen LogP contribution < -0.4 is 5.32 Å². The fraction of sp³-hybridized carbons (Fsp3) is 0.438. The van der Waals surface area contributed by atoms with Crippen molar-refractivity contribution in [2.24, 2.45) is 0 Å². The summed E-state index contributed by atoms with van der Waals surface area (Å²) in [6, 6.07) is 8.87. The highest BCUT2D eigenvalue weighted by Gasteiger charge is 2.12. The summed E-state index contributed by atoms with van der Waals surface area (Å²) in [6.07, 6.45) is 0. The van der Waals surface area contributed by atoms with Gasteiger partial charge in [-0.05, 0) is 23.5 Å². The number of nitrogens with one attached hydrogen (secondary N) is 1. The lowest BCUT2D eigenvalue weighted by atomic mass is 9.87. The van der Waals surface area contributed by atoms with E-state index in [0.717, 1.165) is 23.8 Å². The van der Waals surface area contributed by atoms with E-state index in [1.807, 2.05) is 6.92 Å². The van der Waals surface area contributed by atoms with Crippen LogP contribution in [0.5, 0.6) is 0 Å². The summed E-state index contributed by atoms with van der Waals surface area (Å²) in [5.41, 5.74) is 4.06. The quantitative estimate of drug-likeness (QED) is 0.910. The highest BCUT2D eigenvalue weighted by atomic mass is 32.1. The minimum Gasteiger partial charge on any atom is -0.307 e. The predicted octanol–water partition coefficient (Wildman–Crippen LogP) is 4.04. The highest BCUT2D eigenvalue weighted by Crippen LogP contribution is 2.22. The number of rotatable bonds is 4. The molecule has 2 aromatic rings. The van der Waals surface area contributed by atoms with E-state index >= 15 is 0 Å². The predicted molar refractivity (Wildman–Crippen MR) is 82.5 cm³/mol. The molecule has 2 nitrogen and oxygen atoms in total. The second kappa shape index (κ2) is 5.85. The van der Waals surface area contributed by atoms with Gasteiger partial charge in [0.1, 0.15) is 0 Å². The summed E-state index contributed by atoms with van der Waals surface area (Å²) in [4.78, 5) is 4.44. The summed E-state index contributed by atoms with van der Waals surface area (Å²) >= 11 is 1.70. The van der Waals surface area contributed by atoms with Crippen molar-refractivity contribution in [1.29, 1.82) is 0 Å². The molecule has 0 fully saturated rings.